The van der Waals surface area contributed by atoms with Gasteiger partial charge in [0.1, 0.15) is 11.6 Å². The molecule has 5 rings (SSSR count). The third-order valence-electron chi connectivity index (χ3n) is 6.66. The highest BCUT2D eigenvalue weighted by atomic mass is 16.5. The van der Waals surface area contributed by atoms with E-state index >= 15 is 0 Å². The predicted octanol–water partition coefficient (Wildman–Crippen LogP) is 4.17. The van der Waals surface area contributed by atoms with Crippen molar-refractivity contribution in [3.8, 4) is 40.0 Å². The molecular formula is C28H27N7O3. The van der Waals surface area contributed by atoms with Gasteiger partial charge in [-0.05, 0) is 55.4 Å². The van der Waals surface area contributed by atoms with Crippen LogP contribution in [0.2, 0.25) is 0 Å². The van der Waals surface area contributed by atoms with Gasteiger partial charge in [-0.3, -0.25) is 14.2 Å². The van der Waals surface area contributed by atoms with Crippen molar-refractivity contribution in [1.82, 2.24) is 19.3 Å². The molecule has 0 radical (unpaired) electrons. The number of aromatic hydroxyl groups is 1. The average molecular weight is 510 g/mol. The number of methoxy groups -OCH3 is 1. The molecule has 1 aliphatic heterocycles. The minimum absolute atomic E-state index is 0.0118. The lowest BCUT2D eigenvalue weighted by Gasteiger charge is -2.29. The first-order valence-electron chi connectivity index (χ1n) is 12.2. The third kappa shape index (κ3) is 4.79. The summed E-state index contributed by atoms with van der Waals surface area (Å²) >= 11 is 0. The maximum Gasteiger partial charge on any atom is 0.273 e. The van der Waals surface area contributed by atoms with Crippen LogP contribution in [0.3, 0.4) is 0 Å². The van der Waals surface area contributed by atoms with Crippen molar-refractivity contribution in [2.24, 2.45) is 10.3 Å². The number of phenols is 1. The highest BCUT2D eigenvalue weighted by molar-refractivity contribution is 5.83. The molecule has 0 atom stereocenters. The molecule has 1 saturated heterocycles. The first-order valence-corrected chi connectivity index (χ1v) is 12.2. The van der Waals surface area contributed by atoms with E-state index in [1.807, 2.05) is 46.7 Å². The zero-order chi connectivity index (χ0) is 26.8. The van der Waals surface area contributed by atoms with Gasteiger partial charge in [0.2, 0.25) is 0 Å². The monoisotopic (exact) mass is 509 g/mol. The molecule has 0 unspecified atom stereocenters. The van der Waals surface area contributed by atoms with Gasteiger partial charge in [0, 0.05) is 30.4 Å². The Balaban J connectivity index is 1.62. The molecule has 0 aliphatic carbocycles. The molecule has 0 spiro atoms. The Hall–Kier alpha value is -4.75. The van der Waals surface area contributed by atoms with Gasteiger partial charge in [-0.2, -0.15) is 10.2 Å². The van der Waals surface area contributed by atoms with Crippen molar-refractivity contribution in [1.29, 1.82) is 5.26 Å². The van der Waals surface area contributed by atoms with Crippen LogP contribution in [0.1, 0.15) is 11.3 Å². The number of pyridine rings is 1. The molecule has 4 aromatic rings. The Kier molecular flexibility index (Phi) is 6.77. The zero-order valence-electron chi connectivity index (χ0n) is 21.4. The Morgan fingerprint density at radius 3 is 2.42 bits per heavy atom. The summed E-state index contributed by atoms with van der Waals surface area (Å²) in [5, 5.41) is 30.9. The van der Waals surface area contributed by atoms with Crippen molar-refractivity contribution in [2.45, 2.75) is 6.92 Å². The quantitative estimate of drug-likeness (QED) is 0.401. The maximum absolute atomic E-state index is 12.4. The minimum atomic E-state index is -0.426. The second-order valence-corrected chi connectivity index (χ2v) is 9.20. The summed E-state index contributed by atoms with van der Waals surface area (Å²) in [6, 6.07) is 18.0. The highest BCUT2D eigenvalue weighted by Crippen LogP contribution is 2.37. The number of ether oxygens (including phenoxy) is 1. The van der Waals surface area contributed by atoms with Crippen molar-refractivity contribution in [2.75, 3.05) is 40.3 Å². The molecular weight excluding hydrogens is 482 g/mol. The van der Waals surface area contributed by atoms with Crippen LogP contribution in [0, 0.1) is 18.3 Å². The molecule has 1 fully saturated rings. The van der Waals surface area contributed by atoms with Crippen LogP contribution in [-0.4, -0.2) is 64.7 Å². The lowest BCUT2D eigenvalue weighted by Crippen LogP contribution is -2.41. The van der Waals surface area contributed by atoms with Crippen LogP contribution < -0.4 is 10.3 Å². The molecule has 2 aromatic heterocycles. The maximum atomic E-state index is 12.4. The Labute approximate surface area is 219 Å². The van der Waals surface area contributed by atoms with Crippen LogP contribution in [0.15, 0.2) is 69.7 Å². The van der Waals surface area contributed by atoms with E-state index in [1.165, 1.54) is 19.2 Å². The van der Waals surface area contributed by atoms with E-state index in [2.05, 4.69) is 33.3 Å². The van der Waals surface area contributed by atoms with Gasteiger partial charge in [0.15, 0.2) is 17.1 Å². The van der Waals surface area contributed by atoms with Crippen molar-refractivity contribution in [3.63, 3.8) is 0 Å². The summed E-state index contributed by atoms with van der Waals surface area (Å²) in [5.41, 5.74) is 4.26. The van der Waals surface area contributed by atoms with Gasteiger partial charge in [-0.25, -0.2) is 0 Å². The number of piperazine rings is 1. The number of benzene rings is 2. The first-order chi connectivity index (χ1) is 18.4. The second kappa shape index (κ2) is 10.3. The normalized spacial score (nSPS) is 14.2. The Morgan fingerprint density at radius 2 is 1.74 bits per heavy atom. The van der Waals surface area contributed by atoms with E-state index in [4.69, 9.17) is 4.74 Å². The molecule has 3 heterocycles. The zero-order valence-corrected chi connectivity index (χ0v) is 21.4. The van der Waals surface area contributed by atoms with E-state index < -0.39 is 5.56 Å². The SMILES string of the molecule is COc1cc(-c2cc(-c3ccc(N=NN4CCN(C)CC4)cc3)n3c(C)cc(=O)nc3c2C#N)ccc1O. The van der Waals surface area contributed by atoms with Crippen LogP contribution in [0.25, 0.3) is 28.0 Å². The fourth-order valence-corrected chi connectivity index (χ4v) is 4.56. The summed E-state index contributed by atoms with van der Waals surface area (Å²) < 4.78 is 7.08. The number of aromatic nitrogens is 2. The number of fused-ring (bicyclic) bond motifs is 1. The summed E-state index contributed by atoms with van der Waals surface area (Å²) in [6.45, 7) is 5.39. The van der Waals surface area contributed by atoms with Gasteiger partial charge in [0.05, 0.1) is 31.6 Å². The van der Waals surface area contributed by atoms with Gasteiger partial charge in [-0.15, -0.1) is 5.11 Å². The molecule has 38 heavy (non-hydrogen) atoms. The van der Waals surface area contributed by atoms with Gasteiger partial charge < -0.3 is 14.7 Å². The van der Waals surface area contributed by atoms with Crippen LogP contribution >= 0.6 is 0 Å². The molecule has 0 saturated carbocycles. The fraction of sp³-hybridized carbons (Fsp3) is 0.250. The summed E-state index contributed by atoms with van der Waals surface area (Å²) in [4.78, 5) is 18.8. The van der Waals surface area contributed by atoms with E-state index in [9.17, 15) is 15.2 Å². The lowest BCUT2D eigenvalue weighted by atomic mass is 9.97. The highest BCUT2D eigenvalue weighted by Gasteiger charge is 2.19. The van der Waals surface area contributed by atoms with Gasteiger partial charge in [0.25, 0.3) is 5.56 Å². The van der Waals surface area contributed by atoms with E-state index in [0.717, 1.165) is 43.1 Å². The number of phenolic OH excluding ortho intramolecular Hbond substituents is 1. The topological polar surface area (TPSA) is 119 Å². The molecule has 1 N–H and O–H groups in total. The fourth-order valence-electron chi connectivity index (χ4n) is 4.56. The van der Waals surface area contributed by atoms with E-state index in [-0.39, 0.29) is 22.7 Å². The molecule has 0 bridgehead atoms. The summed E-state index contributed by atoms with van der Waals surface area (Å²) in [7, 11) is 3.56. The van der Waals surface area contributed by atoms with E-state index in [0.29, 0.717) is 16.8 Å². The minimum Gasteiger partial charge on any atom is -0.504 e. The third-order valence-corrected chi connectivity index (χ3v) is 6.66. The number of likely N-dealkylation sites (N-methyl/N-ethyl adjacent to an activating group) is 1. The number of rotatable bonds is 5. The Bertz CT molecular complexity index is 1630. The number of hydrogen-bond acceptors (Lipinski definition) is 8. The van der Waals surface area contributed by atoms with Gasteiger partial charge >= 0.3 is 0 Å². The van der Waals surface area contributed by atoms with Gasteiger partial charge in [-0.1, -0.05) is 23.4 Å². The lowest BCUT2D eigenvalue weighted by molar-refractivity contribution is 0.150. The number of nitrogens with zero attached hydrogens (tertiary/aromatic N) is 7. The van der Waals surface area contributed by atoms with Crippen LogP contribution in [-0.2, 0) is 0 Å². The molecule has 192 valence electrons. The number of nitriles is 1. The van der Waals surface area contributed by atoms with Crippen molar-refractivity contribution < 1.29 is 9.84 Å². The Morgan fingerprint density at radius 1 is 1.03 bits per heavy atom. The van der Waals surface area contributed by atoms with Crippen LogP contribution in [0.4, 0.5) is 5.69 Å². The summed E-state index contributed by atoms with van der Waals surface area (Å²) in [6.07, 6.45) is 0. The molecule has 2 aromatic carbocycles. The average Bonchev–Trinajstić information content (AvgIpc) is 2.92. The van der Waals surface area contributed by atoms with Crippen LogP contribution in [0.5, 0.6) is 11.5 Å². The standard InChI is InChI=1S/C28H27N7O3/c1-18-14-27(37)30-28-23(17-29)22(20-6-9-25(36)26(15-20)38-3)16-24(35(18)28)19-4-7-21(8-5-19)31-32-34-12-10-33(2)11-13-34/h4-9,14-16,36H,10-13H2,1-3H3. The molecule has 10 nitrogen and oxygen atoms in total. The summed E-state index contributed by atoms with van der Waals surface area (Å²) in [5.74, 6) is 0.264. The van der Waals surface area contributed by atoms with Crippen molar-refractivity contribution in [3.05, 3.63) is 76.2 Å². The number of aryl methyl sites for hydroxylation is 1. The predicted molar refractivity (Wildman–Crippen MR) is 144 cm³/mol. The van der Waals surface area contributed by atoms with Crippen molar-refractivity contribution >= 4 is 11.3 Å². The smallest absolute Gasteiger partial charge is 0.273 e. The molecule has 1 aliphatic rings. The van der Waals surface area contributed by atoms with E-state index in [1.54, 1.807) is 12.1 Å². The molecule has 10 heteroatoms. The first kappa shape index (κ1) is 24.9. The largest absolute Gasteiger partial charge is 0.504 e. The molecule has 0 amide bonds. The second-order valence-electron chi connectivity index (χ2n) is 9.20. The number of hydrogen-bond donors (Lipinski definition) is 1.